The third-order valence-corrected chi connectivity index (χ3v) is 3.59. The molecule has 3 rings (SSSR count). The first-order chi connectivity index (χ1) is 9.56. The van der Waals surface area contributed by atoms with Gasteiger partial charge in [-0.15, -0.1) is 0 Å². The third kappa shape index (κ3) is 2.12. The molecule has 2 N–H and O–H groups in total. The minimum Gasteiger partial charge on any atom is -0.369 e. The standard InChI is InChI=1S/C13H13ClFN5/c1-19-5-3-17-12(19)2-4-20-11-6-8(14)9(15)7-10(11)18-13(20)16/h3,5-7H,2,4H2,1H3,(H2,16,18). The van der Waals surface area contributed by atoms with Crippen LogP contribution in [0.2, 0.25) is 5.02 Å². The molecule has 3 aromatic rings. The zero-order chi connectivity index (χ0) is 14.3. The van der Waals surface area contributed by atoms with Crippen LogP contribution in [0.15, 0.2) is 24.5 Å². The van der Waals surface area contributed by atoms with Crippen LogP contribution in [0.25, 0.3) is 11.0 Å². The van der Waals surface area contributed by atoms with Gasteiger partial charge in [-0.25, -0.2) is 14.4 Å². The van der Waals surface area contributed by atoms with Crippen molar-refractivity contribution in [1.29, 1.82) is 0 Å². The number of anilines is 1. The summed E-state index contributed by atoms with van der Waals surface area (Å²) in [5.74, 6) is 0.795. The van der Waals surface area contributed by atoms with Crippen molar-refractivity contribution in [3.05, 3.63) is 41.2 Å². The van der Waals surface area contributed by atoms with Crippen molar-refractivity contribution in [2.75, 3.05) is 5.73 Å². The molecule has 2 heterocycles. The SMILES string of the molecule is Cn1ccnc1CCn1c(N)nc2cc(F)c(Cl)cc21. The fourth-order valence-corrected chi connectivity index (χ4v) is 2.38. The number of rotatable bonds is 3. The zero-order valence-electron chi connectivity index (χ0n) is 10.8. The van der Waals surface area contributed by atoms with E-state index < -0.39 is 5.82 Å². The quantitative estimate of drug-likeness (QED) is 0.806. The van der Waals surface area contributed by atoms with Gasteiger partial charge >= 0.3 is 0 Å². The van der Waals surface area contributed by atoms with E-state index >= 15 is 0 Å². The molecule has 0 saturated heterocycles. The van der Waals surface area contributed by atoms with Gasteiger partial charge in [-0.3, -0.25) is 0 Å². The van der Waals surface area contributed by atoms with Crippen LogP contribution >= 0.6 is 11.6 Å². The Labute approximate surface area is 119 Å². The molecule has 0 aliphatic heterocycles. The summed E-state index contributed by atoms with van der Waals surface area (Å²) in [6.07, 6.45) is 4.34. The van der Waals surface area contributed by atoms with Crippen LogP contribution in [0.1, 0.15) is 5.82 Å². The van der Waals surface area contributed by atoms with Crippen LogP contribution in [0.4, 0.5) is 10.3 Å². The van der Waals surface area contributed by atoms with Crippen LogP contribution in [-0.2, 0) is 20.0 Å². The van der Waals surface area contributed by atoms with Crippen LogP contribution in [0, 0.1) is 5.82 Å². The summed E-state index contributed by atoms with van der Waals surface area (Å²) in [4.78, 5) is 8.41. The number of aryl methyl sites for hydroxylation is 3. The third-order valence-electron chi connectivity index (χ3n) is 3.30. The van der Waals surface area contributed by atoms with Gasteiger partial charge in [0.1, 0.15) is 11.6 Å². The summed E-state index contributed by atoms with van der Waals surface area (Å²) in [5, 5.41) is 0.0654. The molecule has 0 aliphatic rings. The molecule has 0 amide bonds. The van der Waals surface area contributed by atoms with Gasteiger partial charge in [0.2, 0.25) is 5.95 Å². The summed E-state index contributed by atoms with van der Waals surface area (Å²) in [7, 11) is 1.93. The first kappa shape index (κ1) is 12.9. The van der Waals surface area contributed by atoms with Gasteiger partial charge in [0, 0.05) is 38.5 Å². The Morgan fingerprint density at radius 2 is 2.20 bits per heavy atom. The number of imidazole rings is 2. The van der Waals surface area contributed by atoms with E-state index in [1.54, 1.807) is 12.3 Å². The van der Waals surface area contributed by atoms with Gasteiger partial charge < -0.3 is 14.9 Å². The maximum atomic E-state index is 13.4. The van der Waals surface area contributed by atoms with Gasteiger partial charge in [0.25, 0.3) is 0 Å². The van der Waals surface area contributed by atoms with Crippen molar-refractivity contribution in [3.8, 4) is 0 Å². The van der Waals surface area contributed by atoms with Gasteiger partial charge in [0.05, 0.1) is 16.1 Å². The van der Waals surface area contributed by atoms with Crippen molar-refractivity contribution in [3.63, 3.8) is 0 Å². The molecule has 0 aliphatic carbocycles. The van der Waals surface area contributed by atoms with Gasteiger partial charge in [-0.1, -0.05) is 11.6 Å². The first-order valence-corrected chi connectivity index (χ1v) is 6.51. The van der Waals surface area contributed by atoms with E-state index in [0.717, 1.165) is 11.3 Å². The second kappa shape index (κ2) is 4.79. The van der Waals surface area contributed by atoms with Gasteiger partial charge in [-0.2, -0.15) is 0 Å². The predicted molar refractivity (Wildman–Crippen MR) is 76.0 cm³/mol. The molecular weight excluding hydrogens is 281 g/mol. The van der Waals surface area contributed by atoms with Crippen molar-refractivity contribution in [1.82, 2.24) is 19.1 Å². The van der Waals surface area contributed by atoms with E-state index in [1.165, 1.54) is 6.07 Å². The lowest BCUT2D eigenvalue weighted by atomic mass is 10.3. The van der Waals surface area contributed by atoms with E-state index in [2.05, 4.69) is 9.97 Å². The Bertz CT molecular complexity index is 777. The number of nitrogens with zero attached hydrogens (tertiary/aromatic N) is 4. The molecular formula is C13H13ClFN5. The number of aromatic nitrogens is 4. The monoisotopic (exact) mass is 293 g/mol. The molecule has 0 atom stereocenters. The molecule has 104 valence electrons. The highest BCUT2D eigenvalue weighted by molar-refractivity contribution is 6.31. The Kier molecular flexibility index (Phi) is 3.10. The lowest BCUT2D eigenvalue weighted by Gasteiger charge is -2.07. The molecule has 2 aromatic heterocycles. The first-order valence-electron chi connectivity index (χ1n) is 6.13. The Hall–Kier alpha value is -2.08. The lowest BCUT2D eigenvalue weighted by molar-refractivity contribution is 0.629. The molecule has 1 aromatic carbocycles. The summed E-state index contributed by atoms with van der Waals surface area (Å²) in [6.45, 7) is 0.606. The van der Waals surface area contributed by atoms with Crippen LogP contribution in [-0.4, -0.2) is 19.1 Å². The lowest BCUT2D eigenvalue weighted by Crippen LogP contribution is -2.08. The summed E-state index contributed by atoms with van der Waals surface area (Å²) in [6, 6.07) is 2.85. The van der Waals surface area contributed by atoms with Crippen molar-refractivity contribution in [2.24, 2.45) is 7.05 Å². The second-order valence-electron chi connectivity index (χ2n) is 4.58. The topological polar surface area (TPSA) is 61.7 Å². The number of hydrogen-bond donors (Lipinski definition) is 1. The molecule has 0 bridgehead atoms. The van der Waals surface area contributed by atoms with E-state index in [0.29, 0.717) is 24.4 Å². The minimum atomic E-state index is -0.493. The summed E-state index contributed by atoms with van der Waals surface area (Å²) < 4.78 is 17.2. The second-order valence-corrected chi connectivity index (χ2v) is 4.99. The summed E-state index contributed by atoms with van der Waals surface area (Å²) in [5.41, 5.74) is 7.12. The Balaban J connectivity index is 1.97. The molecule has 20 heavy (non-hydrogen) atoms. The predicted octanol–water partition coefficient (Wildman–Crippen LogP) is 2.39. The Morgan fingerprint density at radius 3 is 2.90 bits per heavy atom. The summed E-state index contributed by atoms with van der Waals surface area (Å²) >= 11 is 5.82. The number of benzene rings is 1. The number of nitrogens with two attached hydrogens (primary N) is 1. The maximum Gasteiger partial charge on any atom is 0.201 e. The molecule has 5 nitrogen and oxygen atoms in total. The van der Waals surface area contributed by atoms with Gasteiger partial charge in [0.15, 0.2) is 0 Å². The minimum absolute atomic E-state index is 0.0654. The highest BCUT2D eigenvalue weighted by atomic mass is 35.5. The van der Waals surface area contributed by atoms with E-state index in [-0.39, 0.29) is 5.02 Å². The zero-order valence-corrected chi connectivity index (χ0v) is 11.6. The van der Waals surface area contributed by atoms with Crippen molar-refractivity contribution in [2.45, 2.75) is 13.0 Å². The van der Waals surface area contributed by atoms with Crippen molar-refractivity contribution >= 4 is 28.6 Å². The number of halogens is 2. The molecule has 7 heteroatoms. The van der Waals surface area contributed by atoms with Gasteiger partial charge in [-0.05, 0) is 6.07 Å². The fourth-order valence-electron chi connectivity index (χ4n) is 2.22. The maximum absolute atomic E-state index is 13.4. The van der Waals surface area contributed by atoms with E-state index in [1.807, 2.05) is 22.4 Å². The average Bonchev–Trinajstić information content (AvgIpc) is 2.92. The molecule has 0 spiro atoms. The van der Waals surface area contributed by atoms with Crippen LogP contribution < -0.4 is 5.73 Å². The number of fused-ring (bicyclic) bond motifs is 1. The fraction of sp³-hybridized carbons (Fsp3) is 0.231. The number of hydrogen-bond acceptors (Lipinski definition) is 3. The number of nitrogen functional groups attached to an aromatic ring is 1. The highest BCUT2D eigenvalue weighted by Gasteiger charge is 2.12. The van der Waals surface area contributed by atoms with Crippen molar-refractivity contribution < 1.29 is 4.39 Å². The average molecular weight is 294 g/mol. The Morgan fingerprint density at radius 1 is 1.40 bits per heavy atom. The molecule has 0 saturated carbocycles. The largest absolute Gasteiger partial charge is 0.369 e. The van der Waals surface area contributed by atoms with Crippen LogP contribution in [0.5, 0.6) is 0 Å². The van der Waals surface area contributed by atoms with E-state index in [9.17, 15) is 4.39 Å². The molecule has 0 fully saturated rings. The van der Waals surface area contributed by atoms with E-state index in [4.69, 9.17) is 17.3 Å². The normalized spacial score (nSPS) is 11.3. The molecule has 0 radical (unpaired) electrons. The smallest absolute Gasteiger partial charge is 0.201 e. The highest BCUT2D eigenvalue weighted by Crippen LogP contribution is 2.25. The molecule has 0 unspecified atom stereocenters. The van der Waals surface area contributed by atoms with Crippen LogP contribution in [0.3, 0.4) is 0 Å².